The average Bonchev–Trinajstić information content (AvgIpc) is 2.45. The minimum Gasteiger partial charge on any atom is -0.354 e. The third-order valence-electron chi connectivity index (χ3n) is 3.33. The number of hydrogen-bond acceptors (Lipinski definition) is 4. The number of nitrogens with zero attached hydrogens (tertiary/aromatic N) is 3. The molecular formula is C14H18ClN3S. The van der Waals surface area contributed by atoms with Crippen LogP contribution in [0.4, 0.5) is 5.82 Å². The highest BCUT2D eigenvalue weighted by atomic mass is 35.5. The van der Waals surface area contributed by atoms with E-state index in [0.29, 0.717) is 11.2 Å². The maximum absolute atomic E-state index is 6.11. The van der Waals surface area contributed by atoms with E-state index >= 15 is 0 Å². The number of halogens is 1. The Morgan fingerprint density at radius 2 is 1.95 bits per heavy atom. The quantitative estimate of drug-likeness (QED) is 0.837. The molecule has 1 aromatic heterocycles. The Labute approximate surface area is 123 Å². The van der Waals surface area contributed by atoms with E-state index in [0.717, 1.165) is 28.8 Å². The molecule has 0 saturated heterocycles. The second-order valence-electron chi connectivity index (χ2n) is 4.49. The van der Waals surface area contributed by atoms with Gasteiger partial charge in [0, 0.05) is 29.6 Å². The van der Waals surface area contributed by atoms with Crippen molar-refractivity contribution in [1.29, 1.82) is 0 Å². The van der Waals surface area contributed by atoms with Gasteiger partial charge >= 0.3 is 0 Å². The number of hydrogen-bond donors (Lipinski definition) is 0. The predicted molar refractivity (Wildman–Crippen MR) is 85.4 cm³/mol. The van der Waals surface area contributed by atoms with Gasteiger partial charge in [-0.3, -0.25) is 0 Å². The average molecular weight is 296 g/mol. The van der Waals surface area contributed by atoms with Gasteiger partial charge in [0.05, 0.1) is 0 Å². The van der Waals surface area contributed by atoms with E-state index in [1.54, 1.807) is 0 Å². The van der Waals surface area contributed by atoms with Gasteiger partial charge in [0.25, 0.3) is 0 Å². The lowest BCUT2D eigenvalue weighted by atomic mass is 10.1. The van der Waals surface area contributed by atoms with Crippen LogP contribution in [0.25, 0.3) is 10.8 Å². The summed E-state index contributed by atoms with van der Waals surface area (Å²) < 4.78 is 0. The Balaban J connectivity index is 2.47. The van der Waals surface area contributed by atoms with Crippen LogP contribution in [0, 0.1) is 0 Å². The molecule has 5 heteroatoms. The molecule has 1 aromatic carbocycles. The number of thioether (sulfide) groups is 1. The van der Waals surface area contributed by atoms with E-state index in [-0.39, 0.29) is 0 Å². The van der Waals surface area contributed by atoms with Crippen molar-refractivity contribution in [3.05, 3.63) is 29.4 Å². The molecule has 0 amide bonds. The largest absolute Gasteiger partial charge is 0.354 e. The fourth-order valence-corrected chi connectivity index (χ4v) is 3.23. The summed E-state index contributed by atoms with van der Waals surface area (Å²) in [6, 6.07) is 8.47. The van der Waals surface area contributed by atoms with E-state index in [1.807, 2.05) is 36.0 Å². The Morgan fingerprint density at radius 3 is 2.58 bits per heavy atom. The van der Waals surface area contributed by atoms with Gasteiger partial charge in [0.1, 0.15) is 0 Å². The number of aromatic nitrogens is 2. The zero-order chi connectivity index (χ0) is 13.8. The van der Waals surface area contributed by atoms with Gasteiger partial charge < -0.3 is 4.90 Å². The van der Waals surface area contributed by atoms with Gasteiger partial charge in [0.15, 0.2) is 11.0 Å². The van der Waals surface area contributed by atoms with Crippen LogP contribution in [0.3, 0.4) is 0 Å². The van der Waals surface area contributed by atoms with Crippen LogP contribution in [-0.2, 0) is 0 Å². The van der Waals surface area contributed by atoms with Crippen molar-refractivity contribution in [2.24, 2.45) is 0 Å². The predicted octanol–water partition coefficient (Wildman–Crippen LogP) is 3.86. The molecule has 0 saturated carbocycles. The van der Waals surface area contributed by atoms with Crippen molar-refractivity contribution >= 4 is 40.0 Å². The summed E-state index contributed by atoms with van der Waals surface area (Å²) in [6.45, 7) is 2.20. The second kappa shape index (κ2) is 6.44. The van der Waals surface area contributed by atoms with Crippen LogP contribution >= 0.6 is 23.4 Å². The molecule has 0 spiro atoms. The van der Waals surface area contributed by atoms with Crippen LogP contribution in [0.2, 0.25) is 5.15 Å². The van der Waals surface area contributed by atoms with Crippen LogP contribution in [0.1, 0.15) is 13.3 Å². The van der Waals surface area contributed by atoms with E-state index in [1.165, 1.54) is 0 Å². The molecule has 1 unspecified atom stereocenters. The van der Waals surface area contributed by atoms with Crippen molar-refractivity contribution in [3.63, 3.8) is 0 Å². The van der Waals surface area contributed by atoms with Gasteiger partial charge in [0.2, 0.25) is 0 Å². The van der Waals surface area contributed by atoms with Crippen LogP contribution < -0.4 is 4.90 Å². The molecule has 0 aliphatic carbocycles. The molecule has 0 aliphatic rings. The lowest BCUT2D eigenvalue weighted by Crippen LogP contribution is -2.34. The maximum Gasteiger partial charge on any atom is 0.159 e. The molecule has 2 aromatic rings. The van der Waals surface area contributed by atoms with Crippen molar-refractivity contribution in [3.8, 4) is 0 Å². The summed E-state index contributed by atoms with van der Waals surface area (Å²) in [7, 11) is 2.08. The number of fused-ring (bicyclic) bond motifs is 1. The van der Waals surface area contributed by atoms with Crippen molar-refractivity contribution in [1.82, 2.24) is 10.2 Å². The van der Waals surface area contributed by atoms with Gasteiger partial charge in [-0.05, 0) is 12.7 Å². The van der Waals surface area contributed by atoms with Gasteiger partial charge in [-0.15, -0.1) is 10.2 Å². The Bertz CT molecular complexity index is 561. The zero-order valence-corrected chi connectivity index (χ0v) is 13.0. The SMILES string of the molecule is CCC(CSC)N(C)c1nnc(Cl)c2ccccc12. The first-order chi connectivity index (χ1) is 9.19. The normalized spacial score (nSPS) is 12.6. The molecule has 2 rings (SSSR count). The molecule has 1 atom stereocenters. The Hall–Kier alpha value is -1.00. The topological polar surface area (TPSA) is 29.0 Å². The van der Waals surface area contributed by atoms with E-state index < -0.39 is 0 Å². The lowest BCUT2D eigenvalue weighted by Gasteiger charge is -2.28. The van der Waals surface area contributed by atoms with Gasteiger partial charge in [-0.1, -0.05) is 42.8 Å². The monoisotopic (exact) mass is 295 g/mol. The van der Waals surface area contributed by atoms with Crippen molar-refractivity contribution in [2.45, 2.75) is 19.4 Å². The molecule has 0 N–H and O–H groups in total. The molecule has 0 aliphatic heterocycles. The number of benzene rings is 1. The fourth-order valence-electron chi connectivity index (χ4n) is 2.19. The van der Waals surface area contributed by atoms with Crippen LogP contribution in [-0.4, -0.2) is 35.3 Å². The smallest absolute Gasteiger partial charge is 0.159 e. The summed E-state index contributed by atoms with van der Waals surface area (Å²) in [5.74, 6) is 1.98. The minimum atomic E-state index is 0.453. The fraction of sp³-hybridized carbons (Fsp3) is 0.429. The highest BCUT2D eigenvalue weighted by molar-refractivity contribution is 7.98. The van der Waals surface area contributed by atoms with E-state index in [9.17, 15) is 0 Å². The minimum absolute atomic E-state index is 0.453. The van der Waals surface area contributed by atoms with Crippen LogP contribution in [0.15, 0.2) is 24.3 Å². The molecule has 0 bridgehead atoms. The van der Waals surface area contributed by atoms with E-state index in [4.69, 9.17) is 11.6 Å². The highest BCUT2D eigenvalue weighted by Crippen LogP contribution is 2.29. The third-order valence-corrected chi connectivity index (χ3v) is 4.33. The summed E-state index contributed by atoms with van der Waals surface area (Å²) in [4.78, 5) is 2.21. The summed E-state index contributed by atoms with van der Waals surface area (Å²) >= 11 is 7.96. The zero-order valence-electron chi connectivity index (χ0n) is 11.4. The van der Waals surface area contributed by atoms with Gasteiger partial charge in [-0.25, -0.2) is 0 Å². The standard InChI is InChI=1S/C14H18ClN3S/c1-4-10(9-19-3)18(2)14-12-8-6-5-7-11(12)13(15)16-17-14/h5-8,10H,4,9H2,1-3H3. The molecular weight excluding hydrogens is 278 g/mol. The number of rotatable bonds is 5. The molecule has 19 heavy (non-hydrogen) atoms. The summed E-state index contributed by atoms with van der Waals surface area (Å²) in [5.41, 5.74) is 0. The Kier molecular flexibility index (Phi) is 4.88. The summed E-state index contributed by atoms with van der Waals surface area (Å²) in [6.07, 6.45) is 3.21. The first kappa shape index (κ1) is 14.4. The third kappa shape index (κ3) is 2.95. The Morgan fingerprint density at radius 1 is 1.26 bits per heavy atom. The van der Waals surface area contributed by atoms with Crippen molar-refractivity contribution in [2.75, 3.05) is 24.0 Å². The molecule has 0 fully saturated rings. The van der Waals surface area contributed by atoms with Crippen LogP contribution in [0.5, 0.6) is 0 Å². The summed E-state index contributed by atoms with van der Waals surface area (Å²) in [5, 5.41) is 10.8. The van der Waals surface area contributed by atoms with E-state index in [2.05, 4.69) is 35.3 Å². The van der Waals surface area contributed by atoms with Crippen molar-refractivity contribution < 1.29 is 0 Å². The molecule has 102 valence electrons. The number of anilines is 1. The molecule has 3 nitrogen and oxygen atoms in total. The first-order valence-electron chi connectivity index (χ1n) is 6.31. The highest BCUT2D eigenvalue weighted by Gasteiger charge is 2.17. The van der Waals surface area contributed by atoms with Gasteiger partial charge in [-0.2, -0.15) is 11.8 Å². The second-order valence-corrected chi connectivity index (χ2v) is 5.76. The maximum atomic E-state index is 6.11. The first-order valence-corrected chi connectivity index (χ1v) is 8.08. The molecule has 1 heterocycles. The molecule has 0 radical (unpaired) electrons. The lowest BCUT2D eigenvalue weighted by molar-refractivity contribution is 0.664.